The topological polar surface area (TPSA) is 105 Å². The fraction of sp³-hybridized carbons (Fsp3) is 0.318. The molecule has 0 spiro atoms. The van der Waals surface area contributed by atoms with Crippen LogP contribution in [0.2, 0.25) is 0 Å². The maximum Gasteiger partial charge on any atom is 0.304 e. The van der Waals surface area contributed by atoms with Gasteiger partial charge < -0.3 is 10.4 Å². The van der Waals surface area contributed by atoms with Crippen molar-refractivity contribution in [1.82, 2.24) is 15.0 Å². The van der Waals surface area contributed by atoms with Crippen LogP contribution in [0.5, 0.6) is 0 Å². The molecule has 2 aromatic heterocycles. The Morgan fingerprint density at radius 3 is 2.61 bits per heavy atom. The third-order valence-corrected chi connectivity index (χ3v) is 6.11. The van der Waals surface area contributed by atoms with Crippen molar-refractivity contribution in [2.75, 3.05) is 11.6 Å². The largest absolute Gasteiger partial charge is 0.383 e. The molecule has 0 radical (unpaired) electrons. The van der Waals surface area contributed by atoms with Gasteiger partial charge >= 0.3 is 5.92 Å². The molecule has 0 fully saturated rings. The molecule has 3 aromatic rings. The van der Waals surface area contributed by atoms with E-state index in [0.29, 0.717) is 16.7 Å². The van der Waals surface area contributed by atoms with E-state index in [1.165, 1.54) is 24.4 Å². The number of anilines is 1. The van der Waals surface area contributed by atoms with E-state index in [1.54, 1.807) is 6.92 Å². The number of sulfone groups is 1. The summed E-state index contributed by atoms with van der Waals surface area (Å²) in [5, 5.41) is 13.2. The third kappa shape index (κ3) is 4.83. The van der Waals surface area contributed by atoms with E-state index in [4.69, 9.17) is 0 Å². The zero-order chi connectivity index (χ0) is 24.6. The molecule has 3 rings (SSSR count). The van der Waals surface area contributed by atoms with Crippen molar-refractivity contribution in [3.63, 3.8) is 0 Å². The summed E-state index contributed by atoms with van der Waals surface area (Å²) in [7, 11) is -3.60. The lowest BCUT2D eigenvalue weighted by atomic mass is 9.87. The molecular weight excluding hydrogens is 457 g/mol. The van der Waals surface area contributed by atoms with Gasteiger partial charge in [0.2, 0.25) is 0 Å². The summed E-state index contributed by atoms with van der Waals surface area (Å²) in [5.41, 5.74) is -3.21. The van der Waals surface area contributed by atoms with Crippen molar-refractivity contribution >= 4 is 26.6 Å². The molecule has 33 heavy (non-hydrogen) atoms. The second-order valence-electron chi connectivity index (χ2n) is 7.90. The van der Waals surface area contributed by atoms with Gasteiger partial charge in [0.15, 0.2) is 14.9 Å². The van der Waals surface area contributed by atoms with Crippen LogP contribution in [-0.2, 0) is 22.3 Å². The van der Waals surface area contributed by atoms with Crippen LogP contribution in [0.15, 0.2) is 48.1 Å². The van der Waals surface area contributed by atoms with Crippen LogP contribution in [0.3, 0.4) is 0 Å². The van der Waals surface area contributed by atoms with Gasteiger partial charge in [0.05, 0.1) is 17.3 Å². The Morgan fingerprint density at radius 1 is 1.27 bits per heavy atom. The van der Waals surface area contributed by atoms with Crippen LogP contribution in [0.25, 0.3) is 10.9 Å². The van der Waals surface area contributed by atoms with Crippen molar-refractivity contribution in [2.24, 2.45) is 0 Å². The number of benzene rings is 1. The average Bonchev–Trinajstić information content (AvgIpc) is 2.71. The number of aliphatic hydroxyl groups is 1. The molecule has 0 saturated heterocycles. The van der Waals surface area contributed by atoms with Crippen molar-refractivity contribution in [2.45, 2.75) is 43.4 Å². The highest BCUT2D eigenvalue weighted by atomic mass is 32.2. The van der Waals surface area contributed by atoms with Gasteiger partial charge in [-0.05, 0) is 32.4 Å². The fourth-order valence-electron chi connectivity index (χ4n) is 3.30. The number of aryl methyl sites for hydroxylation is 1. The molecule has 1 unspecified atom stereocenters. The SMILES string of the molecule is C=CCC(C)(O)C(F)(F)c1cccc(CNc2nc(C)nc3cnc(S(C)(=O)=O)cc23)c1F. The quantitative estimate of drug-likeness (QED) is 0.471. The summed E-state index contributed by atoms with van der Waals surface area (Å²) in [6, 6.07) is 4.80. The molecular formula is C22H23F3N4O3S. The minimum absolute atomic E-state index is 0.0941. The third-order valence-electron chi connectivity index (χ3n) is 5.13. The first kappa shape index (κ1) is 24.6. The number of rotatable bonds is 8. The summed E-state index contributed by atoms with van der Waals surface area (Å²) < 4.78 is 68.6. The molecule has 0 aliphatic rings. The molecule has 0 aliphatic carbocycles. The molecule has 0 bridgehead atoms. The van der Waals surface area contributed by atoms with Gasteiger partial charge in [-0.15, -0.1) is 6.58 Å². The number of nitrogens with zero attached hydrogens (tertiary/aromatic N) is 3. The Kier molecular flexibility index (Phi) is 6.49. The Hall–Kier alpha value is -3.05. The first-order valence-corrected chi connectivity index (χ1v) is 11.7. The van der Waals surface area contributed by atoms with Crippen LogP contribution >= 0.6 is 0 Å². The van der Waals surface area contributed by atoms with Gasteiger partial charge in [-0.3, -0.25) is 0 Å². The number of pyridine rings is 1. The van der Waals surface area contributed by atoms with Crippen LogP contribution in [0, 0.1) is 12.7 Å². The number of hydrogen-bond donors (Lipinski definition) is 2. The normalized spacial score (nSPS) is 14.2. The number of halogens is 3. The molecule has 2 N–H and O–H groups in total. The van der Waals surface area contributed by atoms with Gasteiger partial charge in [-0.25, -0.2) is 27.8 Å². The molecule has 1 aromatic carbocycles. The molecule has 0 aliphatic heterocycles. The van der Waals surface area contributed by atoms with Gasteiger partial charge in [-0.1, -0.05) is 18.2 Å². The molecule has 7 nitrogen and oxygen atoms in total. The molecule has 0 saturated carbocycles. The Morgan fingerprint density at radius 2 is 1.97 bits per heavy atom. The predicted molar refractivity (Wildman–Crippen MR) is 118 cm³/mol. The number of hydrogen-bond acceptors (Lipinski definition) is 7. The van der Waals surface area contributed by atoms with Crippen LogP contribution < -0.4 is 5.32 Å². The highest BCUT2D eigenvalue weighted by Crippen LogP contribution is 2.42. The summed E-state index contributed by atoms with van der Waals surface area (Å²) in [6.45, 7) is 5.65. The monoisotopic (exact) mass is 480 g/mol. The molecule has 1 atom stereocenters. The molecule has 2 heterocycles. The summed E-state index contributed by atoms with van der Waals surface area (Å²) in [5.74, 6) is -4.51. The number of fused-ring (bicyclic) bond motifs is 1. The van der Waals surface area contributed by atoms with Crippen LogP contribution in [-0.4, -0.2) is 40.3 Å². The minimum atomic E-state index is -3.88. The summed E-state index contributed by atoms with van der Waals surface area (Å²) >= 11 is 0. The average molecular weight is 481 g/mol. The number of aromatic nitrogens is 3. The molecule has 176 valence electrons. The Bertz CT molecular complexity index is 1330. The standard InChI is InChI=1S/C22H23F3N4O3S/c1-5-9-21(3,30)22(24,25)16-8-6-7-14(19(16)23)11-27-20-15-10-18(33(4,31)32)26-12-17(15)28-13(2)29-20/h5-8,10,12,30H,1,9,11H2,2-4H3,(H,27,28,29). The van der Waals surface area contributed by atoms with Crippen LogP contribution in [0.1, 0.15) is 30.3 Å². The van der Waals surface area contributed by atoms with Crippen molar-refractivity contribution < 1.29 is 26.7 Å². The van der Waals surface area contributed by atoms with E-state index in [1.807, 2.05) is 0 Å². The van der Waals surface area contributed by atoms with E-state index in [-0.39, 0.29) is 23.0 Å². The fourth-order valence-corrected chi connectivity index (χ4v) is 3.88. The lowest BCUT2D eigenvalue weighted by molar-refractivity contribution is -0.178. The predicted octanol–water partition coefficient (Wildman–Crippen LogP) is 3.91. The minimum Gasteiger partial charge on any atom is -0.383 e. The Balaban J connectivity index is 2.00. The summed E-state index contributed by atoms with van der Waals surface area (Å²) in [4.78, 5) is 12.3. The zero-order valence-electron chi connectivity index (χ0n) is 18.2. The first-order chi connectivity index (χ1) is 15.3. The zero-order valence-corrected chi connectivity index (χ0v) is 19.0. The van der Waals surface area contributed by atoms with Crippen molar-refractivity contribution in [3.05, 3.63) is 65.9 Å². The highest BCUT2D eigenvalue weighted by molar-refractivity contribution is 7.90. The van der Waals surface area contributed by atoms with Gasteiger partial charge in [0, 0.05) is 23.8 Å². The van der Waals surface area contributed by atoms with Gasteiger partial charge in [-0.2, -0.15) is 8.78 Å². The summed E-state index contributed by atoms with van der Waals surface area (Å²) in [6.07, 6.45) is 2.99. The van der Waals surface area contributed by atoms with E-state index in [9.17, 15) is 22.3 Å². The smallest absolute Gasteiger partial charge is 0.304 e. The second kappa shape index (κ2) is 8.71. The number of alkyl halides is 2. The van der Waals surface area contributed by atoms with E-state index >= 15 is 4.39 Å². The van der Waals surface area contributed by atoms with Crippen LogP contribution in [0.4, 0.5) is 19.0 Å². The van der Waals surface area contributed by atoms with Crippen molar-refractivity contribution in [3.8, 4) is 0 Å². The van der Waals surface area contributed by atoms with Crippen molar-refractivity contribution in [1.29, 1.82) is 0 Å². The van der Waals surface area contributed by atoms with E-state index < -0.39 is 39.2 Å². The first-order valence-electron chi connectivity index (χ1n) is 9.85. The lowest BCUT2D eigenvalue weighted by Gasteiger charge is -2.32. The second-order valence-corrected chi connectivity index (χ2v) is 9.87. The highest BCUT2D eigenvalue weighted by Gasteiger charge is 2.51. The van der Waals surface area contributed by atoms with E-state index in [0.717, 1.165) is 25.3 Å². The van der Waals surface area contributed by atoms with Gasteiger partial charge in [0.25, 0.3) is 0 Å². The van der Waals surface area contributed by atoms with Gasteiger partial charge in [0.1, 0.15) is 23.1 Å². The lowest BCUT2D eigenvalue weighted by Crippen LogP contribution is -2.43. The molecule has 0 amide bonds. The van der Waals surface area contributed by atoms with E-state index in [2.05, 4.69) is 26.8 Å². The Labute approximate surface area is 189 Å². The molecule has 11 heteroatoms. The number of nitrogens with one attached hydrogen (secondary N) is 1. The maximum atomic E-state index is 15.1. The maximum absolute atomic E-state index is 15.1.